The second-order valence-corrected chi connectivity index (χ2v) is 3.88. The molecule has 0 saturated carbocycles. The Kier molecular flexibility index (Phi) is 4.36. The highest BCUT2D eigenvalue weighted by atomic mass is 19.4. The maximum atomic E-state index is 11.9. The molecule has 0 aromatic heterocycles. The van der Waals surface area contributed by atoms with Crippen LogP contribution in [-0.2, 0) is 4.79 Å². The van der Waals surface area contributed by atoms with Gasteiger partial charge < -0.3 is 0 Å². The van der Waals surface area contributed by atoms with E-state index in [9.17, 15) is 18.0 Å². The minimum Gasteiger partial charge on any atom is -0.290 e. The summed E-state index contributed by atoms with van der Waals surface area (Å²) in [6.07, 6.45) is 2.35. The Bertz CT molecular complexity index is 253. The van der Waals surface area contributed by atoms with Crippen LogP contribution in [0.4, 0.5) is 13.2 Å². The fraction of sp³-hybridized carbons (Fsp3) is 0.727. The molecule has 1 rings (SSSR count). The van der Waals surface area contributed by atoms with Gasteiger partial charge in [-0.1, -0.05) is 11.6 Å². The smallest absolute Gasteiger partial charge is 0.290 e. The molecule has 0 bridgehead atoms. The van der Waals surface area contributed by atoms with Gasteiger partial charge in [0.25, 0.3) is 0 Å². The van der Waals surface area contributed by atoms with Gasteiger partial charge >= 0.3 is 6.18 Å². The molecule has 0 unspecified atom stereocenters. The van der Waals surface area contributed by atoms with Crippen molar-refractivity contribution < 1.29 is 18.0 Å². The lowest BCUT2D eigenvalue weighted by atomic mass is 9.95. The summed E-state index contributed by atoms with van der Waals surface area (Å²) < 4.78 is 35.6. The molecule has 1 aliphatic carbocycles. The van der Waals surface area contributed by atoms with Crippen molar-refractivity contribution in [2.45, 2.75) is 51.1 Å². The fourth-order valence-electron chi connectivity index (χ4n) is 1.75. The van der Waals surface area contributed by atoms with Crippen LogP contribution in [0.1, 0.15) is 44.9 Å². The van der Waals surface area contributed by atoms with E-state index in [1.165, 1.54) is 12.0 Å². The van der Waals surface area contributed by atoms with Crippen molar-refractivity contribution in [1.82, 2.24) is 0 Å². The van der Waals surface area contributed by atoms with Crippen molar-refractivity contribution >= 4 is 5.78 Å². The van der Waals surface area contributed by atoms with E-state index >= 15 is 0 Å². The molecular weight excluding hydrogens is 205 g/mol. The van der Waals surface area contributed by atoms with Gasteiger partial charge in [0.1, 0.15) is 0 Å². The van der Waals surface area contributed by atoms with Crippen LogP contribution in [0.3, 0.4) is 0 Å². The van der Waals surface area contributed by atoms with Crippen LogP contribution in [0.25, 0.3) is 0 Å². The predicted octanol–water partition coefficient (Wildman–Crippen LogP) is 3.79. The number of Topliss-reactive ketones (excluding diaryl/α,β-unsaturated/α-hetero) is 1. The number of hydrogen-bond acceptors (Lipinski definition) is 1. The largest absolute Gasteiger partial charge is 0.449 e. The highest BCUT2D eigenvalue weighted by Gasteiger charge is 2.37. The molecule has 1 nitrogen and oxygen atoms in total. The Morgan fingerprint density at radius 3 is 2.60 bits per heavy atom. The average molecular weight is 220 g/mol. The lowest BCUT2D eigenvalue weighted by molar-refractivity contribution is -0.171. The van der Waals surface area contributed by atoms with Crippen molar-refractivity contribution in [1.29, 1.82) is 0 Å². The number of carbonyl (C=O) groups excluding carboxylic acids is 1. The van der Waals surface area contributed by atoms with E-state index in [4.69, 9.17) is 0 Å². The highest BCUT2D eigenvalue weighted by molar-refractivity contribution is 5.83. The molecule has 0 radical (unpaired) electrons. The summed E-state index contributed by atoms with van der Waals surface area (Å²) in [5, 5.41) is 0. The Balaban J connectivity index is 2.21. The summed E-state index contributed by atoms with van der Waals surface area (Å²) in [6, 6.07) is 0. The third-order valence-electron chi connectivity index (χ3n) is 2.60. The van der Waals surface area contributed by atoms with Crippen LogP contribution in [0.15, 0.2) is 11.6 Å². The number of ketones is 1. The van der Waals surface area contributed by atoms with E-state index in [0.29, 0.717) is 12.8 Å². The zero-order valence-corrected chi connectivity index (χ0v) is 8.57. The first kappa shape index (κ1) is 12.3. The Hall–Kier alpha value is -0.800. The number of halogens is 3. The maximum Gasteiger partial charge on any atom is 0.449 e. The third kappa shape index (κ3) is 4.49. The molecule has 0 N–H and O–H groups in total. The zero-order valence-electron chi connectivity index (χ0n) is 8.57. The van der Waals surface area contributed by atoms with Crippen molar-refractivity contribution in [3.8, 4) is 0 Å². The summed E-state index contributed by atoms with van der Waals surface area (Å²) in [5.74, 6) is -1.60. The molecule has 0 aliphatic heterocycles. The van der Waals surface area contributed by atoms with Crippen molar-refractivity contribution in [2.24, 2.45) is 0 Å². The van der Waals surface area contributed by atoms with Crippen LogP contribution in [0, 0.1) is 0 Å². The topological polar surface area (TPSA) is 17.1 Å². The minimum atomic E-state index is -4.65. The minimum absolute atomic E-state index is 0.324. The van der Waals surface area contributed by atoms with E-state index in [1.807, 2.05) is 0 Å². The van der Waals surface area contributed by atoms with E-state index in [-0.39, 0.29) is 6.42 Å². The van der Waals surface area contributed by atoms with Gasteiger partial charge in [0.15, 0.2) is 0 Å². The molecule has 1 aliphatic rings. The Morgan fingerprint density at radius 1 is 1.33 bits per heavy atom. The first-order chi connectivity index (χ1) is 7.00. The SMILES string of the molecule is O=C(CCCC1=CCCCC1)C(F)(F)F. The molecule has 0 spiro atoms. The van der Waals surface area contributed by atoms with Gasteiger partial charge in [0.2, 0.25) is 5.78 Å². The van der Waals surface area contributed by atoms with Crippen molar-refractivity contribution in [3.05, 3.63) is 11.6 Å². The number of alkyl halides is 3. The lowest BCUT2D eigenvalue weighted by Gasteiger charge is -2.12. The standard InChI is InChI=1S/C11H15F3O/c12-11(13,14)10(15)8-4-7-9-5-2-1-3-6-9/h5H,1-4,6-8H2. The van der Waals surface area contributed by atoms with Gasteiger partial charge in [0, 0.05) is 6.42 Å². The summed E-state index contributed by atoms with van der Waals surface area (Å²) in [5.41, 5.74) is 1.22. The van der Waals surface area contributed by atoms with Gasteiger partial charge in [-0.2, -0.15) is 13.2 Å². The van der Waals surface area contributed by atoms with Crippen LogP contribution < -0.4 is 0 Å². The van der Waals surface area contributed by atoms with Gasteiger partial charge in [-0.3, -0.25) is 4.79 Å². The van der Waals surface area contributed by atoms with Gasteiger partial charge in [-0.15, -0.1) is 0 Å². The molecule has 0 amide bonds. The number of rotatable bonds is 4. The van der Waals surface area contributed by atoms with Gasteiger partial charge in [0.05, 0.1) is 0 Å². The molecule has 15 heavy (non-hydrogen) atoms. The highest BCUT2D eigenvalue weighted by Crippen LogP contribution is 2.24. The van der Waals surface area contributed by atoms with Crippen LogP contribution >= 0.6 is 0 Å². The number of carbonyl (C=O) groups is 1. The van der Waals surface area contributed by atoms with Crippen molar-refractivity contribution in [3.63, 3.8) is 0 Å². The van der Waals surface area contributed by atoms with E-state index in [2.05, 4.69) is 6.08 Å². The lowest BCUT2D eigenvalue weighted by Crippen LogP contribution is -2.22. The van der Waals surface area contributed by atoms with E-state index in [0.717, 1.165) is 19.3 Å². The van der Waals surface area contributed by atoms with E-state index in [1.54, 1.807) is 0 Å². The van der Waals surface area contributed by atoms with E-state index < -0.39 is 12.0 Å². The summed E-state index contributed by atoms with van der Waals surface area (Å²) in [6.45, 7) is 0. The Labute approximate surface area is 87.4 Å². The molecule has 0 fully saturated rings. The fourth-order valence-corrected chi connectivity index (χ4v) is 1.75. The van der Waals surface area contributed by atoms with Crippen molar-refractivity contribution in [2.75, 3.05) is 0 Å². The zero-order chi connectivity index (χ0) is 11.3. The summed E-state index contributed by atoms with van der Waals surface area (Å²) in [7, 11) is 0. The average Bonchev–Trinajstić information content (AvgIpc) is 2.18. The molecule has 0 atom stereocenters. The second kappa shape index (κ2) is 5.33. The summed E-state index contributed by atoms with van der Waals surface area (Å²) >= 11 is 0. The predicted molar refractivity (Wildman–Crippen MR) is 51.5 cm³/mol. The first-order valence-corrected chi connectivity index (χ1v) is 5.28. The summed E-state index contributed by atoms with van der Waals surface area (Å²) in [4.78, 5) is 10.6. The molecular formula is C11H15F3O. The molecule has 4 heteroatoms. The third-order valence-corrected chi connectivity index (χ3v) is 2.60. The first-order valence-electron chi connectivity index (χ1n) is 5.28. The maximum absolute atomic E-state index is 11.9. The molecule has 86 valence electrons. The second-order valence-electron chi connectivity index (χ2n) is 3.88. The van der Waals surface area contributed by atoms with Crippen LogP contribution in [-0.4, -0.2) is 12.0 Å². The normalized spacial score (nSPS) is 17.4. The van der Waals surface area contributed by atoms with Crippen LogP contribution in [0.5, 0.6) is 0 Å². The molecule has 0 heterocycles. The van der Waals surface area contributed by atoms with Crippen LogP contribution in [0.2, 0.25) is 0 Å². The number of hydrogen-bond donors (Lipinski definition) is 0. The monoisotopic (exact) mass is 220 g/mol. The quantitative estimate of drug-likeness (QED) is 0.659. The Morgan fingerprint density at radius 2 is 2.07 bits per heavy atom. The molecule has 0 aromatic carbocycles. The van der Waals surface area contributed by atoms with Gasteiger partial charge in [-0.05, 0) is 38.5 Å². The number of allylic oxidation sites excluding steroid dienone is 2. The molecule has 0 saturated heterocycles. The molecule has 0 aromatic rings. The van der Waals surface area contributed by atoms with Gasteiger partial charge in [-0.25, -0.2) is 0 Å².